The summed E-state index contributed by atoms with van der Waals surface area (Å²) in [6, 6.07) is 5.88. The van der Waals surface area contributed by atoms with Gasteiger partial charge in [0, 0.05) is 23.9 Å². The topological polar surface area (TPSA) is 75.1 Å². The van der Waals surface area contributed by atoms with E-state index in [2.05, 4.69) is 9.97 Å². The summed E-state index contributed by atoms with van der Waals surface area (Å²) < 4.78 is 86.9. The average molecular weight is 516 g/mol. The largest absolute Gasteiger partial charge is 1.00 e. The Bertz CT molecular complexity index is 1320. The van der Waals surface area contributed by atoms with Crippen LogP contribution in [0.25, 0.3) is 11.1 Å². The molecule has 0 saturated carbocycles. The summed E-state index contributed by atoms with van der Waals surface area (Å²) >= 11 is 0. The summed E-state index contributed by atoms with van der Waals surface area (Å²) in [5.41, 5.74) is -1.02. The van der Waals surface area contributed by atoms with Crippen molar-refractivity contribution in [1.82, 2.24) is 9.97 Å². The van der Waals surface area contributed by atoms with Crippen LogP contribution in [0.15, 0.2) is 42.6 Å². The molecule has 3 aromatic rings. The van der Waals surface area contributed by atoms with Gasteiger partial charge in [0.15, 0.2) is 0 Å². The SMILES string of the molecule is O=C([O-])c1cccc(C2=C(c3cc(C(F)(F)F)cnc3OCc3c(F)cc(F)cc3F)CCC2)n1.[Na+]. The molecule has 5 nitrogen and oxygen atoms in total. The van der Waals surface area contributed by atoms with Crippen LogP contribution in [0.1, 0.15) is 52.1 Å². The Hall–Kier alpha value is -2.89. The van der Waals surface area contributed by atoms with Crippen molar-refractivity contribution in [3.05, 3.63) is 88.1 Å². The number of carbonyl (C=O) groups excluding carboxylic acids is 1. The Morgan fingerprint density at radius 1 is 1.03 bits per heavy atom. The van der Waals surface area contributed by atoms with Crippen LogP contribution in [0.5, 0.6) is 5.88 Å². The minimum atomic E-state index is -4.73. The summed E-state index contributed by atoms with van der Waals surface area (Å²) in [7, 11) is 0. The number of carboxylic acids is 1. The van der Waals surface area contributed by atoms with E-state index in [0.29, 0.717) is 48.7 Å². The first-order valence-corrected chi connectivity index (χ1v) is 10.3. The number of carbonyl (C=O) groups is 1. The van der Waals surface area contributed by atoms with Gasteiger partial charge in [-0.25, -0.2) is 23.1 Å². The molecule has 1 aliphatic rings. The Balaban J connectivity index is 0.00000361. The van der Waals surface area contributed by atoms with E-state index in [0.717, 1.165) is 6.07 Å². The molecule has 12 heteroatoms. The molecule has 0 amide bonds. The average Bonchev–Trinajstić information content (AvgIpc) is 3.27. The van der Waals surface area contributed by atoms with Crippen LogP contribution < -0.4 is 39.4 Å². The predicted molar refractivity (Wildman–Crippen MR) is 109 cm³/mol. The summed E-state index contributed by atoms with van der Waals surface area (Å²) in [5, 5.41) is 11.2. The number of alkyl halides is 3. The predicted octanol–water partition coefficient (Wildman–Crippen LogP) is 1.95. The number of nitrogens with zero attached hydrogens (tertiary/aromatic N) is 2. The molecule has 0 N–H and O–H groups in total. The van der Waals surface area contributed by atoms with Gasteiger partial charge in [0.2, 0.25) is 5.88 Å². The second-order valence-corrected chi connectivity index (χ2v) is 7.72. The van der Waals surface area contributed by atoms with Gasteiger partial charge in [0.25, 0.3) is 0 Å². The minimum Gasteiger partial charge on any atom is -0.543 e. The van der Waals surface area contributed by atoms with E-state index < -0.39 is 47.3 Å². The fourth-order valence-corrected chi connectivity index (χ4v) is 3.83. The first-order valence-electron chi connectivity index (χ1n) is 10.3. The summed E-state index contributed by atoms with van der Waals surface area (Å²) in [6.45, 7) is -0.760. The van der Waals surface area contributed by atoms with Crippen molar-refractivity contribution in [2.24, 2.45) is 0 Å². The molecular weight excluding hydrogens is 501 g/mol. The van der Waals surface area contributed by atoms with E-state index in [9.17, 15) is 36.2 Å². The molecule has 182 valence electrons. The minimum absolute atomic E-state index is 0. The molecule has 0 unspecified atom stereocenters. The molecule has 0 atom stereocenters. The van der Waals surface area contributed by atoms with Crippen molar-refractivity contribution >= 4 is 17.1 Å². The number of ether oxygens (including phenoxy) is 1. The monoisotopic (exact) mass is 516 g/mol. The first-order chi connectivity index (χ1) is 16.5. The van der Waals surface area contributed by atoms with Crippen molar-refractivity contribution in [3.63, 3.8) is 0 Å². The second kappa shape index (κ2) is 11.0. The maximum absolute atomic E-state index is 14.0. The molecule has 0 spiro atoms. The maximum Gasteiger partial charge on any atom is 1.00 e. The normalized spacial score (nSPS) is 13.5. The smallest absolute Gasteiger partial charge is 0.543 e. The molecule has 1 aliphatic carbocycles. The third-order valence-electron chi connectivity index (χ3n) is 5.45. The number of hydrogen-bond donors (Lipinski definition) is 0. The third-order valence-corrected chi connectivity index (χ3v) is 5.45. The van der Waals surface area contributed by atoms with Crippen LogP contribution in [0, 0.1) is 17.5 Å². The third kappa shape index (κ3) is 5.91. The van der Waals surface area contributed by atoms with Crippen LogP contribution in [-0.2, 0) is 12.8 Å². The van der Waals surface area contributed by atoms with Crippen LogP contribution in [-0.4, -0.2) is 15.9 Å². The van der Waals surface area contributed by atoms with Gasteiger partial charge in [-0.05, 0) is 48.6 Å². The standard InChI is InChI=1S/C24H16F6N2O3.Na/c25-13-8-18(26)17(19(27)9-13)11-35-22-16(7-12(10-31-22)24(28,29)30)14-3-1-4-15(14)20-5-2-6-21(32-20)23(33)34;/h2,5-10H,1,3-4,11H2,(H,33,34);/q;+1/p-1. The summed E-state index contributed by atoms with van der Waals surface area (Å²) in [4.78, 5) is 18.9. The van der Waals surface area contributed by atoms with Crippen LogP contribution in [0.2, 0.25) is 0 Å². The van der Waals surface area contributed by atoms with E-state index in [4.69, 9.17) is 4.74 Å². The van der Waals surface area contributed by atoms with Gasteiger partial charge in [-0.2, -0.15) is 13.2 Å². The summed E-state index contributed by atoms with van der Waals surface area (Å²) in [6.07, 6.45) is -3.00. The number of aromatic carboxylic acids is 1. The number of benzene rings is 1. The van der Waals surface area contributed by atoms with Gasteiger partial charge < -0.3 is 14.6 Å². The molecule has 0 aliphatic heterocycles. The Morgan fingerprint density at radius 2 is 1.69 bits per heavy atom. The molecular formula is C24H15F6N2NaO3. The number of allylic oxidation sites excluding steroid dienone is 2. The zero-order valence-corrected chi connectivity index (χ0v) is 20.8. The zero-order chi connectivity index (χ0) is 25.3. The second-order valence-electron chi connectivity index (χ2n) is 7.72. The molecule has 0 bridgehead atoms. The van der Waals surface area contributed by atoms with E-state index >= 15 is 0 Å². The van der Waals surface area contributed by atoms with Crippen LogP contribution in [0.3, 0.4) is 0 Å². The van der Waals surface area contributed by atoms with Gasteiger partial charge in [-0.1, -0.05) is 6.07 Å². The number of rotatable bonds is 6. The molecule has 2 heterocycles. The van der Waals surface area contributed by atoms with Crippen molar-refractivity contribution in [3.8, 4) is 5.88 Å². The Labute approximate surface area is 223 Å². The zero-order valence-electron chi connectivity index (χ0n) is 18.8. The number of pyridine rings is 2. The fourth-order valence-electron chi connectivity index (χ4n) is 3.83. The quantitative estimate of drug-likeness (QED) is 0.370. The van der Waals surface area contributed by atoms with E-state index in [1.165, 1.54) is 18.2 Å². The molecule has 0 radical (unpaired) electrons. The van der Waals surface area contributed by atoms with Crippen molar-refractivity contribution in [1.29, 1.82) is 0 Å². The van der Waals surface area contributed by atoms with E-state index in [-0.39, 0.29) is 52.4 Å². The number of halogens is 6. The first kappa shape index (κ1) is 27.7. The molecule has 1 aromatic carbocycles. The number of carboxylic acid groups (broad SMARTS) is 1. The molecule has 0 fully saturated rings. The van der Waals surface area contributed by atoms with E-state index in [1.807, 2.05) is 0 Å². The molecule has 2 aromatic heterocycles. The van der Waals surface area contributed by atoms with E-state index in [1.54, 1.807) is 0 Å². The van der Waals surface area contributed by atoms with Crippen LogP contribution in [0.4, 0.5) is 26.3 Å². The fraction of sp³-hybridized carbons (Fsp3) is 0.208. The molecule has 36 heavy (non-hydrogen) atoms. The van der Waals surface area contributed by atoms with Gasteiger partial charge in [-0.3, -0.25) is 0 Å². The Morgan fingerprint density at radius 3 is 2.33 bits per heavy atom. The Kier molecular flexibility index (Phi) is 8.48. The van der Waals surface area contributed by atoms with Crippen molar-refractivity contribution < 1.29 is 70.5 Å². The van der Waals surface area contributed by atoms with Crippen molar-refractivity contribution in [2.45, 2.75) is 32.0 Å². The van der Waals surface area contributed by atoms with Gasteiger partial charge in [0.05, 0.1) is 28.5 Å². The maximum atomic E-state index is 14.0. The molecule has 0 saturated heterocycles. The molecule has 4 rings (SSSR count). The van der Waals surface area contributed by atoms with Gasteiger partial charge >= 0.3 is 35.7 Å². The van der Waals surface area contributed by atoms with Crippen molar-refractivity contribution in [2.75, 3.05) is 0 Å². The number of aromatic nitrogens is 2. The number of hydrogen-bond acceptors (Lipinski definition) is 5. The van der Waals surface area contributed by atoms with Gasteiger partial charge in [-0.15, -0.1) is 0 Å². The summed E-state index contributed by atoms with van der Waals surface area (Å²) in [5.74, 6) is -5.42. The van der Waals surface area contributed by atoms with Gasteiger partial charge in [0.1, 0.15) is 24.1 Å². The van der Waals surface area contributed by atoms with Crippen LogP contribution >= 0.6 is 0 Å².